The minimum atomic E-state index is -0.641. The number of rotatable bonds is 4. The van der Waals surface area contributed by atoms with E-state index >= 15 is 0 Å². The number of carbonyl (C=O) groups excluding carboxylic acids is 3. The molecule has 146 valence electrons. The first kappa shape index (κ1) is 20.0. The van der Waals surface area contributed by atoms with Crippen LogP contribution in [0.15, 0.2) is 46.9 Å². The summed E-state index contributed by atoms with van der Waals surface area (Å²) in [5.41, 5.74) is 0.890. The van der Waals surface area contributed by atoms with E-state index in [1.807, 2.05) is 12.1 Å². The van der Waals surface area contributed by atoms with Crippen LogP contribution in [0.2, 0.25) is 0 Å². The van der Waals surface area contributed by atoms with E-state index in [4.69, 9.17) is 0 Å². The molecule has 1 aliphatic rings. The first-order chi connectivity index (χ1) is 13.3. The van der Waals surface area contributed by atoms with E-state index in [2.05, 4.69) is 21.2 Å². The van der Waals surface area contributed by atoms with E-state index < -0.39 is 17.6 Å². The number of benzene rings is 2. The van der Waals surface area contributed by atoms with E-state index in [-0.39, 0.29) is 36.0 Å². The normalized spacial score (nSPS) is 16.2. The van der Waals surface area contributed by atoms with E-state index in [0.717, 1.165) is 10.5 Å². The van der Waals surface area contributed by atoms with Gasteiger partial charge in [0.15, 0.2) is 0 Å². The Bertz CT molecular complexity index is 931. The summed E-state index contributed by atoms with van der Waals surface area (Å²) in [6, 6.07) is 11.0. The summed E-state index contributed by atoms with van der Waals surface area (Å²) in [6.07, 6.45) is 0.0415. The Hall–Kier alpha value is -2.74. The molecule has 6 nitrogen and oxygen atoms in total. The molecule has 2 aromatic carbocycles. The van der Waals surface area contributed by atoms with Crippen LogP contribution in [0.25, 0.3) is 0 Å². The maximum absolute atomic E-state index is 14.1. The Morgan fingerprint density at radius 1 is 1.18 bits per heavy atom. The van der Waals surface area contributed by atoms with Gasteiger partial charge < -0.3 is 15.1 Å². The van der Waals surface area contributed by atoms with Gasteiger partial charge in [0.05, 0.1) is 11.6 Å². The number of amides is 3. The zero-order valence-corrected chi connectivity index (χ0v) is 17.0. The van der Waals surface area contributed by atoms with Crippen molar-refractivity contribution in [3.63, 3.8) is 0 Å². The molecule has 1 fully saturated rings. The van der Waals surface area contributed by atoms with Crippen molar-refractivity contribution in [3.8, 4) is 0 Å². The zero-order chi connectivity index (χ0) is 20.4. The standard InChI is InChI=1S/C20H19BrFN3O3/c1-24(2)20(28)12-3-8-16(22)17(9-12)23-19(27)13-10-18(26)25(11-13)15-6-4-14(21)5-7-15/h3-9,13H,10-11H2,1-2H3,(H,23,27)/t13-/m1/s1. The highest BCUT2D eigenvalue weighted by Gasteiger charge is 2.35. The summed E-state index contributed by atoms with van der Waals surface area (Å²) >= 11 is 3.34. The van der Waals surface area contributed by atoms with Crippen molar-refractivity contribution < 1.29 is 18.8 Å². The second-order valence-electron chi connectivity index (χ2n) is 6.77. The van der Waals surface area contributed by atoms with Gasteiger partial charge in [-0.2, -0.15) is 0 Å². The van der Waals surface area contributed by atoms with E-state index in [1.165, 1.54) is 17.0 Å². The summed E-state index contributed by atoms with van der Waals surface area (Å²) in [5, 5.41) is 2.52. The number of nitrogens with one attached hydrogen (secondary N) is 1. The molecule has 28 heavy (non-hydrogen) atoms. The first-order valence-corrected chi connectivity index (χ1v) is 9.43. The molecular weight excluding hydrogens is 429 g/mol. The molecule has 0 spiro atoms. The average Bonchev–Trinajstić information content (AvgIpc) is 3.05. The maximum Gasteiger partial charge on any atom is 0.253 e. The largest absolute Gasteiger partial charge is 0.345 e. The van der Waals surface area contributed by atoms with E-state index in [1.54, 1.807) is 31.1 Å². The molecule has 1 heterocycles. The Kier molecular flexibility index (Phi) is 5.79. The molecule has 1 aliphatic heterocycles. The average molecular weight is 448 g/mol. The topological polar surface area (TPSA) is 69.7 Å². The molecule has 0 radical (unpaired) electrons. The van der Waals surface area contributed by atoms with Crippen LogP contribution in [0.3, 0.4) is 0 Å². The summed E-state index contributed by atoms with van der Waals surface area (Å²) in [4.78, 5) is 39.9. The van der Waals surface area contributed by atoms with Gasteiger partial charge in [-0.3, -0.25) is 14.4 Å². The fourth-order valence-corrected chi connectivity index (χ4v) is 3.27. The van der Waals surface area contributed by atoms with Gasteiger partial charge in [0.1, 0.15) is 5.82 Å². The molecule has 1 saturated heterocycles. The van der Waals surface area contributed by atoms with Crippen molar-refractivity contribution >= 4 is 45.0 Å². The van der Waals surface area contributed by atoms with Gasteiger partial charge in [0.25, 0.3) is 5.91 Å². The van der Waals surface area contributed by atoms with Crippen LogP contribution >= 0.6 is 15.9 Å². The lowest BCUT2D eigenvalue weighted by Crippen LogP contribution is -2.28. The second kappa shape index (κ2) is 8.10. The molecule has 2 aromatic rings. The van der Waals surface area contributed by atoms with Crippen LogP contribution in [0, 0.1) is 11.7 Å². The third-order valence-electron chi connectivity index (χ3n) is 4.51. The third-order valence-corrected chi connectivity index (χ3v) is 5.04. The summed E-state index contributed by atoms with van der Waals surface area (Å²) in [7, 11) is 3.18. The van der Waals surface area contributed by atoms with Gasteiger partial charge in [0, 0.05) is 42.8 Å². The van der Waals surface area contributed by atoms with Crippen LogP contribution in [0.1, 0.15) is 16.8 Å². The fraction of sp³-hybridized carbons (Fsp3) is 0.250. The Morgan fingerprint density at radius 3 is 2.50 bits per heavy atom. The monoisotopic (exact) mass is 447 g/mol. The smallest absolute Gasteiger partial charge is 0.253 e. The molecule has 8 heteroatoms. The van der Waals surface area contributed by atoms with Crippen molar-refractivity contribution in [3.05, 3.63) is 58.3 Å². The van der Waals surface area contributed by atoms with Crippen LogP contribution < -0.4 is 10.2 Å². The number of nitrogens with zero attached hydrogens (tertiary/aromatic N) is 2. The van der Waals surface area contributed by atoms with Gasteiger partial charge in [-0.25, -0.2) is 4.39 Å². The van der Waals surface area contributed by atoms with Gasteiger partial charge in [-0.1, -0.05) is 15.9 Å². The number of hydrogen-bond acceptors (Lipinski definition) is 3. The maximum atomic E-state index is 14.1. The predicted molar refractivity (Wildman–Crippen MR) is 108 cm³/mol. The lowest BCUT2D eigenvalue weighted by atomic mass is 10.1. The SMILES string of the molecule is CN(C)C(=O)c1ccc(F)c(NC(=O)[C@@H]2CC(=O)N(c3ccc(Br)cc3)C2)c1. The number of halogens is 2. The molecule has 3 amide bonds. The number of hydrogen-bond donors (Lipinski definition) is 1. The van der Waals surface area contributed by atoms with Crippen molar-refractivity contribution in [1.29, 1.82) is 0 Å². The molecule has 0 aliphatic carbocycles. The van der Waals surface area contributed by atoms with Crippen LogP contribution in [-0.2, 0) is 9.59 Å². The minimum absolute atomic E-state index is 0.0415. The van der Waals surface area contributed by atoms with E-state index in [9.17, 15) is 18.8 Å². The van der Waals surface area contributed by atoms with Crippen LogP contribution in [-0.4, -0.2) is 43.3 Å². The molecule has 1 N–H and O–H groups in total. The highest BCUT2D eigenvalue weighted by molar-refractivity contribution is 9.10. The Balaban J connectivity index is 1.73. The summed E-state index contributed by atoms with van der Waals surface area (Å²) in [6.45, 7) is 0.213. The molecule has 1 atom stereocenters. The van der Waals surface area contributed by atoms with Crippen molar-refractivity contribution in [2.45, 2.75) is 6.42 Å². The van der Waals surface area contributed by atoms with Gasteiger partial charge in [0.2, 0.25) is 11.8 Å². The second-order valence-corrected chi connectivity index (χ2v) is 7.68. The lowest BCUT2D eigenvalue weighted by molar-refractivity contribution is -0.122. The van der Waals surface area contributed by atoms with Gasteiger partial charge in [-0.15, -0.1) is 0 Å². The summed E-state index contributed by atoms with van der Waals surface area (Å²) in [5.74, 6) is -2.17. The minimum Gasteiger partial charge on any atom is -0.345 e. The molecule has 0 bridgehead atoms. The predicted octanol–water partition coefficient (Wildman–Crippen LogP) is 3.28. The fourth-order valence-electron chi connectivity index (χ4n) is 3.00. The summed E-state index contributed by atoms with van der Waals surface area (Å²) < 4.78 is 15.0. The zero-order valence-electron chi connectivity index (χ0n) is 15.4. The lowest BCUT2D eigenvalue weighted by Gasteiger charge is -2.17. The molecule has 0 unspecified atom stereocenters. The van der Waals surface area contributed by atoms with E-state index in [0.29, 0.717) is 5.69 Å². The highest BCUT2D eigenvalue weighted by Crippen LogP contribution is 2.27. The van der Waals surface area contributed by atoms with Crippen LogP contribution in [0.5, 0.6) is 0 Å². The third kappa shape index (κ3) is 4.22. The number of carbonyl (C=O) groups is 3. The van der Waals surface area contributed by atoms with Gasteiger partial charge in [-0.05, 0) is 42.5 Å². The molecular formula is C20H19BrFN3O3. The molecule has 3 rings (SSSR count). The molecule has 0 saturated carbocycles. The highest BCUT2D eigenvalue weighted by atomic mass is 79.9. The first-order valence-electron chi connectivity index (χ1n) is 8.64. The van der Waals surface area contributed by atoms with Crippen molar-refractivity contribution in [2.24, 2.45) is 5.92 Å². The number of anilines is 2. The van der Waals surface area contributed by atoms with Crippen LogP contribution in [0.4, 0.5) is 15.8 Å². The van der Waals surface area contributed by atoms with Gasteiger partial charge >= 0.3 is 0 Å². The van der Waals surface area contributed by atoms with Crippen molar-refractivity contribution in [2.75, 3.05) is 30.9 Å². The van der Waals surface area contributed by atoms with Crippen molar-refractivity contribution in [1.82, 2.24) is 4.90 Å². The quantitative estimate of drug-likeness (QED) is 0.781. The Labute approximate surface area is 170 Å². The molecule has 0 aromatic heterocycles. The Morgan fingerprint density at radius 2 is 1.86 bits per heavy atom.